The highest BCUT2D eigenvalue weighted by molar-refractivity contribution is 7.47. The Labute approximate surface area is 465 Å². The molecule has 0 saturated carbocycles. The van der Waals surface area contributed by atoms with Gasteiger partial charge in [-0.25, -0.2) is 4.57 Å². The van der Waals surface area contributed by atoms with Crippen molar-refractivity contribution in [1.82, 2.24) is 0 Å². The van der Waals surface area contributed by atoms with Gasteiger partial charge in [0.1, 0.15) is 6.61 Å². The molecule has 0 aliphatic rings. The molecule has 0 fully saturated rings. The molecule has 0 aromatic rings. The Morgan fingerprint density at radius 1 is 0.408 bits per heavy atom. The lowest BCUT2D eigenvalue weighted by Gasteiger charge is -2.19. The molecule has 0 bridgehead atoms. The predicted octanol–water partition coefficient (Wildman–Crippen LogP) is 19.3. The number of unbranched alkanes of at least 4 members (excludes halogenated alkanes) is 20. The number of carbonyl (C=O) groups excluding carboxylic acids is 2. The Morgan fingerprint density at radius 3 is 1.09 bits per heavy atom. The highest BCUT2D eigenvalue weighted by Crippen LogP contribution is 2.43. The van der Waals surface area contributed by atoms with Crippen molar-refractivity contribution in [3.63, 3.8) is 0 Å². The van der Waals surface area contributed by atoms with E-state index in [9.17, 15) is 19.0 Å². The van der Waals surface area contributed by atoms with Gasteiger partial charge in [-0.3, -0.25) is 18.6 Å². The maximum Gasteiger partial charge on any atom is 0.472 e. The maximum atomic E-state index is 12.7. The quantitative estimate of drug-likeness (QED) is 0.0264. The molecule has 0 spiro atoms. The maximum absolute atomic E-state index is 12.7. The van der Waals surface area contributed by atoms with Crippen LogP contribution in [0.3, 0.4) is 0 Å². The van der Waals surface area contributed by atoms with Gasteiger partial charge in [-0.2, -0.15) is 0 Å². The van der Waals surface area contributed by atoms with Gasteiger partial charge in [0.25, 0.3) is 0 Å². The zero-order chi connectivity index (χ0) is 55.2. The van der Waals surface area contributed by atoms with E-state index in [4.69, 9.17) is 24.3 Å². The first-order chi connectivity index (χ1) is 37.3. The van der Waals surface area contributed by atoms with Gasteiger partial charge in [0.15, 0.2) is 6.10 Å². The fraction of sp³-hybridized carbons (Fsp3) is 0.636. The topological polar surface area (TPSA) is 134 Å². The molecule has 10 heteroatoms. The minimum absolute atomic E-state index is 0.0438. The van der Waals surface area contributed by atoms with Crippen LogP contribution in [0.2, 0.25) is 0 Å². The van der Waals surface area contributed by atoms with Gasteiger partial charge in [0.2, 0.25) is 0 Å². The van der Waals surface area contributed by atoms with Gasteiger partial charge in [-0.15, -0.1) is 0 Å². The summed E-state index contributed by atoms with van der Waals surface area (Å²) < 4.78 is 33.0. The summed E-state index contributed by atoms with van der Waals surface area (Å²) in [5.41, 5.74) is 5.38. The lowest BCUT2D eigenvalue weighted by molar-refractivity contribution is -0.161. The second kappa shape index (κ2) is 60.4. The molecule has 2 unspecified atom stereocenters. The van der Waals surface area contributed by atoms with E-state index in [0.717, 1.165) is 135 Å². The molecule has 0 aromatic carbocycles. The molecule has 0 radical (unpaired) electrons. The van der Waals surface area contributed by atoms with Gasteiger partial charge in [0.05, 0.1) is 13.2 Å². The van der Waals surface area contributed by atoms with E-state index in [1.54, 1.807) is 0 Å². The van der Waals surface area contributed by atoms with Crippen LogP contribution in [0.25, 0.3) is 0 Å². The Hall–Kier alpha value is -3.85. The van der Waals surface area contributed by atoms with Gasteiger partial charge < -0.3 is 20.1 Å². The first-order valence-corrected chi connectivity index (χ1v) is 31.7. The minimum Gasteiger partial charge on any atom is -0.462 e. The third-order valence-corrected chi connectivity index (χ3v) is 13.3. The summed E-state index contributed by atoms with van der Waals surface area (Å²) >= 11 is 0. The van der Waals surface area contributed by atoms with E-state index >= 15 is 0 Å². The van der Waals surface area contributed by atoms with E-state index < -0.39 is 32.5 Å². The molecule has 3 N–H and O–H groups in total. The summed E-state index contributed by atoms with van der Waals surface area (Å²) in [6.45, 7) is 3.60. The summed E-state index contributed by atoms with van der Waals surface area (Å²) in [5, 5.41) is 0. The molecule has 432 valence electrons. The van der Waals surface area contributed by atoms with E-state index in [1.165, 1.54) is 70.6 Å². The van der Waals surface area contributed by atoms with Crippen LogP contribution in [0.5, 0.6) is 0 Å². The number of hydrogen-bond acceptors (Lipinski definition) is 8. The lowest BCUT2D eigenvalue weighted by Crippen LogP contribution is -2.29. The van der Waals surface area contributed by atoms with Crippen LogP contribution in [-0.4, -0.2) is 49.3 Å². The average Bonchev–Trinajstić information content (AvgIpc) is 3.41. The Bertz CT molecular complexity index is 1700. The zero-order valence-electron chi connectivity index (χ0n) is 48.2. The molecule has 0 aliphatic heterocycles. The van der Waals surface area contributed by atoms with Crippen LogP contribution in [-0.2, 0) is 32.7 Å². The Kier molecular flexibility index (Phi) is 57.3. The van der Waals surface area contributed by atoms with Crippen molar-refractivity contribution in [3.05, 3.63) is 134 Å². The largest absolute Gasteiger partial charge is 0.472 e. The number of esters is 2. The molecule has 0 aliphatic carbocycles. The van der Waals surface area contributed by atoms with E-state index in [-0.39, 0.29) is 32.6 Å². The first-order valence-electron chi connectivity index (χ1n) is 30.2. The summed E-state index contributed by atoms with van der Waals surface area (Å²) in [4.78, 5) is 35.2. The molecule has 0 heterocycles. The van der Waals surface area contributed by atoms with Gasteiger partial charge in [0, 0.05) is 19.4 Å². The Morgan fingerprint density at radius 2 is 0.724 bits per heavy atom. The molecule has 2 atom stereocenters. The number of phosphoric acid groups is 1. The molecule has 0 amide bonds. The van der Waals surface area contributed by atoms with Gasteiger partial charge in [-0.1, -0.05) is 244 Å². The highest BCUT2D eigenvalue weighted by atomic mass is 31.2. The third-order valence-electron chi connectivity index (χ3n) is 12.3. The molecule has 9 nitrogen and oxygen atoms in total. The first kappa shape index (κ1) is 72.2. The number of allylic oxidation sites excluding steroid dienone is 22. The summed E-state index contributed by atoms with van der Waals surface area (Å²) in [6.07, 6.45) is 85.1. The number of ether oxygens (including phenoxy) is 2. The normalized spacial score (nSPS) is 14.0. The monoisotopic (exact) mass is 1080 g/mol. The SMILES string of the molecule is CC/C=C\C/C=C\C/C=C\C/C=C\C/C=C\C/C=C\C/C=C\C/C=C\C/C=C\C/C=C\CCCCCCCCC(=O)OC(COC(=O)CCCCCCCCC/C=C\CCCCCCCCC)COP(=O)(O)OCCN. The fourth-order valence-corrected chi connectivity index (χ4v) is 8.60. The summed E-state index contributed by atoms with van der Waals surface area (Å²) in [5.74, 6) is -0.856. The van der Waals surface area contributed by atoms with E-state index in [2.05, 4.69) is 148 Å². The van der Waals surface area contributed by atoms with E-state index in [1.807, 2.05) is 0 Å². The Balaban J connectivity index is 4.05. The summed E-state index contributed by atoms with van der Waals surface area (Å²) in [6, 6.07) is 0. The third kappa shape index (κ3) is 59.4. The van der Waals surface area contributed by atoms with Crippen molar-refractivity contribution < 1.29 is 37.6 Å². The van der Waals surface area contributed by atoms with Crippen molar-refractivity contribution in [2.24, 2.45) is 5.73 Å². The molecule has 0 rings (SSSR count). The zero-order valence-corrected chi connectivity index (χ0v) is 49.1. The number of rotatable bonds is 55. The average molecular weight is 1080 g/mol. The van der Waals surface area contributed by atoms with Crippen LogP contribution in [0.15, 0.2) is 134 Å². The second-order valence-corrected chi connectivity index (χ2v) is 20.9. The summed E-state index contributed by atoms with van der Waals surface area (Å²) in [7, 11) is -4.40. The minimum atomic E-state index is -4.40. The smallest absolute Gasteiger partial charge is 0.462 e. The fourth-order valence-electron chi connectivity index (χ4n) is 7.83. The molecule has 0 aromatic heterocycles. The van der Waals surface area contributed by atoms with Crippen LogP contribution >= 0.6 is 7.82 Å². The predicted molar refractivity (Wildman–Crippen MR) is 325 cm³/mol. The standard InChI is InChI=1S/C66H110NO8P/c1-3-5-7-9-11-13-15-17-19-21-23-24-25-26-27-28-29-30-31-32-33-34-35-36-37-38-39-40-41-43-45-47-49-51-53-55-57-59-66(69)75-64(63-74-76(70,71)73-61-60-67)62-72-65(68)58-56-54-52-50-48-46-44-42-22-20-18-16-14-12-10-8-6-4-2/h5,7,11,13,17,19-20,22-24,26-27,29-30,32-33,35-36,38-39,41,43,64H,3-4,6,8-10,12,14-16,18,21,25,28,31,34,37,40,42,44-63,67H2,1-2H3,(H,70,71)/b7-5-,13-11-,19-17-,22-20-,24-23-,27-26-,30-29-,33-32-,36-35-,39-38-,43-41-. The van der Waals surface area contributed by atoms with Crippen molar-refractivity contribution >= 4 is 19.8 Å². The van der Waals surface area contributed by atoms with Crippen LogP contribution in [0, 0.1) is 0 Å². The van der Waals surface area contributed by atoms with Gasteiger partial charge >= 0.3 is 19.8 Å². The molecule has 0 saturated heterocycles. The number of nitrogens with two attached hydrogens (primary N) is 1. The van der Waals surface area contributed by atoms with Crippen molar-refractivity contribution in [1.29, 1.82) is 0 Å². The second-order valence-electron chi connectivity index (χ2n) is 19.5. The number of carbonyl (C=O) groups is 2. The van der Waals surface area contributed by atoms with Gasteiger partial charge in [-0.05, 0) is 116 Å². The van der Waals surface area contributed by atoms with Crippen molar-refractivity contribution in [2.75, 3.05) is 26.4 Å². The number of phosphoric ester groups is 1. The molecular formula is C66H110NO8P. The van der Waals surface area contributed by atoms with Crippen LogP contribution in [0.4, 0.5) is 0 Å². The highest BCUT2D eigenvalue weighted by Gasteiger charge is 2.26. The van der Waals surface area contributed by atoms with Crippen LogP contribution < -0.4 is 5.73 Å². The van der Waals surface area contributed by atoms with E-state index in [0.29, 0.717) is 6.42 Å². The van der Waals surface area contributed by atoms with Crippen molar-refractivity contribution in [2.45, 2.75) is 245 Å². The van der Waals surface area contributed by atoms with Crippen molar-refractivity contribution in [3.8, 4) is 0 Å². The lowest BCUT2D eigenvalue weighted by atomic mass is 10.1. The van der Waals surface area contributed by atoms with Crippen LogP contribution in [0.1, 0.15) is 239 Å². The number of hydrogen-bond donors (Lipinski definition) is 2. The molecular weight excluding hydrogens is 966 g/mol. The molecule has 76 heavy (non-hydrogen) atoms.